The van der Waals surface area contributed by atoms with E-state index in [1.165, 1.54) is 0 Å². The molecule has 0 unspecified atom stereocenters. The van der Waals surface area contributed by atoms with Gasteiger partial charge in [0.1, 0.15) is 5.69 Å². The van der Waals surface area contributed by atoms with E-state index >= 15 is 0 Å². The van der Waals surface area contributed by atoms with Gasteiger partial charge in [0, 0.05) is 27.7 Å². The largest absolute Gasteiger partial charge is 0.364 e. The molecule has 2 aromatic carbocycles. The summed E-state index contributed by atoms with van der Waals surface area (Å²) < 4.78 is 0. The maximum Gasteiger partial charge on any atom is 0.265 e. The first-order valence-electron chi connectivity index (χ1n) is 7.34. The maximum absolute atomic E-state index is 11.8. The van der Waals surface area contributed by atoms with E-state index in [-0.39, 0.29) is 0 Å². The number of H-pyrrole nitrogens is 2. The molecule has 24 heavy (non-hydrogen) atoms. The average Bonchev–Trinajstić information content (AvgIpc) is 3.22. The van der Waals surface area contributed by atoms with Crippen molar-refractivity contribution in [3.63, 3.8) is 0 Å². The summed E-state index contributed by atoms with van der Waals surface area (Å²) in [5, 5.41) is 8.35. The standard InChI is InChI=1S/C18H13ClN4O/c19-12-5-6-15-13(9-12)16(17(22-15)18(20)24)11-3-1-10(2-4-11)14-7-8-21-23-14/h1-9,22H,(H2,20,24)(H,21,23). The average molecular weight is 337 g/mol. The van der Waals surface area contributed by atoms with Crippen molar-refractivity contribution in [2.45, 2.75) is 0 Å². The molecule has 0 saturated carbocycles. The van der Waals surface area contributed by atoms with Gasteiger partial charge in [-0.2, -0.15) is 5.10 Å². The molecule has 4 N–H and O–H groups in total. The number of nitrogens with one attached hydrogen (secondary N) is 2. The van der Waals surface area contributed by atoms with E-state index in [0.717, 1.165) is 33.3 Å². The molecule has 4 rings (SSSR count). The van der Waals surface area contributed by atoms with Crippen LogP contribution in [0.5, 0.6) is 0 Å². The number of aromatic nitrogens is 3. The molecule has 6 heteroatoms. The van der Waals surface area contributed by atoms with Crippen molar-refractivity contribution in [3.8, 4) is 22.4 Å². The predicted octanol–water partition coefficient (Wildman–Crippen LogP) is 3.98. The van der Waals surface area contributed by atoms with Crippen molar-refractivity contribution >= 4 is 28.4 Å². The van der Waals surface area contributed by atoms with Crippen LogP contribution in [0.25, 0.3) is 33.3 Å². The summed E-state index contributed by atoms with van der Waals surface area (Å²) in [4.78, 5) is 14.9. The number of amides is 1. The molecule has 1 amide bonds. The number of benzene rings is 2. The number of hydrogen-bond acceptors (Lipinski definition) is 2. The van der Waals surface area contributed by atoms with E-state index in [1.54, 1.807) is 12.3 Å². The lowest BCUT2D eigenvalue weighted by molar-refractivity contribution is 0.0997. The third-order valence-corrected chi connectivity index (χ3v) is 4.23. The van der Waals surface area contributed by atoms with Gasteiger partial charge < -0.3 is 10.7 Å². The Labute approximate surface area is 142 Å². The lowest BCUT2D eigenvalue weighted by Gasteiger charge is -2.05. The lowest BCUT2D eigenvalue weighted by atomic mass is 9.99. The van der Waals surface area contributed by atoms with Gasteiger partial charge in [-0.15, -0.1) is 0 Å². The molecule has 0 aliphatic rings. The Balaban J connectivity index is 1.90. The zero-order valence-corrected chi connectivity index (χ0v) is 13.3. The van der Waals surface area contributed by atoms with Gasteiger partial charge in [-0.25, -0.2) is 0 Å². The second kappa shape index (κ2) is 5.54. The normalized spacial score (nSPS) is 11.0. The van der Waals surface area contributed by atoms with E-state index in [9.17, 15) is 4.79 Å². The third-order valence-electron chi connectivity index (χ3n) is 3.99. The SMILES string of the molecule is NC(=O)c1[nH]c2ccc(Cl)cc2c1-c1ccc(-c2ccn[nH]2)cc1. The molecule has 4 aromatic rings. The number of fused-ring (bicyclic) bond motifs is 1. The molecular formula is C18H13ClN4O. The molecular weight excluding hydrogens is 324 g/mol. The van der Waals surface area contributed by atoms with Gasteiger partial charge in [0.05, 0.1) is 5.69 Å². The Morgan fingerprint density at radius 2 is 1.79 bits per heavy atom. The van der Waals surface area contributed by atoms with Gasteiger partial charge >= 0.3 is 0 Å². The highest BCUT2D eigenvalue weighted by Crippen LogP contribution is 2.34. The Morgan fingerprint density at radius 3 is 2.46 bits per heavy atom. The Hall–Kier alpha value is -3.05. The topological polar surface area (TPSA) is 87.6 Å². The molecule has 118 valence electrons. The van der Waals surface area contributed by atoms with Gasteiger partial charge in [0.2, 0.25) is 0 Å². The van der Waals surface area contributed by atoms with Crippen LogP contribution in [0, 0.1) is 0 Å². The Morgan fingerprint density at radius 1 is 1.04 bits per heavy atom. The van der Waals surface area contributed by atoms with E-state index in [1.807, 2.05) is 42.5 Å². The fraction of sp³-hybridized carbons (Fsp3) is 0. The van der Waals surface area contributed by atoms with Crippen LogP contribution in [-0.2, 0) is 0 Å². The third kappa shape index (κ3) is 2.35. The number of carbonyl (C=O) groups excluding carboxylic acids is 1. The van der Waals surface area contributed by atoms with E-state index < -0.39 is 5.91 Å². The number of halogens is 1. The molecule has 2 aromatic heterocycles. The Bertz CT molecular complexity index is 1030. The van der Waals surface area contributed by atoms with Crippen molar-refractivity contribution in [2.24, 2.45) is 5.73 Å². The number of primary amides is 1. The zero-order valence-electron chi connectivity index (χ0n) is 12.5. The van der Waals surface area contributed by atoms with Crippen molar-refractivity contribution in [3.05, 3.63) is 65.4 Å². The maximum atomic E-state index is 11.8. The van der Waals surface area contributed by atoms with Crippen LogP contribution in [0.2, 0.25) is 5.02 Å². The molecule has 0 atom stereocenters. The molecule has 5 nitrogen and oxygen atoms in total. The highest BCUT2D eigenvalue weighted by atomic mass is 35.5. The molecule has 0 saturated heterocycles. The van der Waals surface area contributed by atoms with Gasteiger partial charge in [-0.05, 0) is 35.4 Å². The van der Waals surface area contributed by atoms with E-state index in [0.29, 0.717) is 10.7 Å². The molecule has 0 fully saturated rings. The first kappa shape index (κ1) is 14.5. The van der Waals surface area contributed by atoms with Crippen molar-refractivity contribution in [2.75, 3.05) is 0 Å². The van der Waals surface area contributed by atoms with Crippen LogP contribution >= 0.6 is 11.6 Å². The zero-order chi connectivity index (χ0) is 16.7. The molecule has 0 bridgehead atoms. The van der Waals surface area contributed by atoms with Crippen LogP contribution in [0.15, 0.2) is 54.7 Å². The molecule has 0 spiro atoms. The molecule has 0 aliphatic carbocycles. The Kier molecular flexibility index (Phi) is 3.36. The quantitative estimate of drug-likeness (QED) is 0.528. The highest BCUT2D eigenvalue weighted by molar-refractivity contribution is 6.31. The fourth-order valence-corrected chi connectivity index (χ4v) is 3.05. The predicted molar refractivity (Wildman–Crippen MR) is 94.8 cm³/mol. The van der Waals surface area contributed by atoms with Crippen molar-refractivity contribution in [1.29, 1.82) is 0 Å². The minimum Gasteiger partial charge on any atom is -0.364 e. The summed E-state index contributed by atoms with van der Waals surface area (Å²) in [7, 11) is 0. The van der Waals surface area contributed by atoms with Crippen LogP contribution in [0.3, 0.4) is 0 Å². The van der Waals surface area contributed by atoms with Crippen LogP contribution in [-0.4, -0.2) is 21.1 Å². The number of hydrogen-bond donors (Lipinski definition) is 3. The van der Waals surface area contributed by atoms with Crippen LogP contribution in [0.4, 0.5) is 0 Å². The van der Waals surface area contributed by atoms with Crippen molar-refractivity contribution < 1.29 is 4.79 Å². The van der Waals surface area contributed by atoms with Gasteiger partial charge in [0.25, 0.3) is 5.91 Å². The first-order valence-corrected chi connectivity index (χ1v) is 7.72. The lowest BCUT2D eigenvalue weighted by Crippen LogP contribution is -2.12. The van der Waals surface area contributed by atoms with Gasteiger partial charge in [-0.3, -0.25) is 9.89 Å². The summed E-state index contributed by atoms with van der Waals surface area (Å²) in [5.41, 5.74) is 10.3. The number of carbonyl (C=O) groups is 1. The summed E-state index contributed by atoms with van der Waals surface area (Å²) in [5.74, 6) is -0.505. The highest BCUT2D eigenvalue weighted by Gasteiger charge is 2.17. The van der Waals surface area contributed by atoms with E-state index in [2.05, 4.69) is 15.2 Å². The minimum atomic E-state index is -0.505. The van der Waals surface area contributed by atoms with Gasteiger partial charge in [-0.1, -0.05) is 35.9 Å². The van der Waals surface area contributed by atoms with Gasteiger partial charge in [0.15, 0.2) is 0 Å². The number of rotatable bonds is 3. The first-order chi connectivity index (χ1) is 11.6. The molecule has 0 aliphatic heterocycles. The number of nitrogens with zero attached hydrogens (tertiary/aromatic N) is 1. The van der Waals surface area contributed by atoms with Crippen LogP contribution in [0.1, 0.15) is 10.5 Å². The monoisotopic (exact) mass is 336 g/mol. The smallest absolute Gasteiger partial charge is 0.265 e. The minimum absolute atomic E-state index is 0.376. The second-order valence-electron chi connectivity index (χ2n) is 5.48. The second-order valence-corrected chi connectivity index (χ2v) is 5.91. The summed E-state index contributed by atoms with van der Waals surface area (Å²) in [6, 6.07) is 15.2. The summed E-state index contributed by atoms with van der Waals surface area (Å²) >= 11 is 6.12. The van der Waals surface area contributed by atoms with Crippen LogP contribution < -0.4 is 5.73 Å². The molecule has 2 heterocycles. The summed E-state index contributed by atoms with van der Waals surface area (Å²) in [6.07, 6.45) is 1.70. The number of aromatic amines is 2. The molecule has 0 radical (unpaired) electrons. The van der Waals surface area contributed by atoms with E-state index in [4.69, 9.17) is 17.3 Å². The summed E-state index contributed by atoms with van der Waals surface area (Å²) in [6.45, 7) is 0. The number of nitrogens with two attached hydrogens (primary N) is 1. The van der Waals surface area contributed by atoms with Crippen molar-refractivity contribution in [1.82, 2.24) is 15.2 Å². The fourth-order valence-electron chi connectivity index (χ4n) is 2.88.